The number of nitrogens with one attached hydrogen (secondary N) is 2. The average Bonchev–Trinajstić information content (AvgIpc) is 2.45. The van der Waals surface area contributed by atoms with Crippen LogP contribution in [0.4, 0.5) is 5.69 Å². The van der Waals surface area contributed by atoms with E-state index in [0.29, 0.717) is 5.41 Å². The van der Waals surface area contributed by atoms with Crippen LogP contribution in [-0.4, -0.2) is 24.6 Å². The maximum Gasteiger partial charge on any atom is 0.0737 e. The molecule has 1 fully saturated rings. The van der Waals surface area contributed by atoms with Gasteiger partial charge >= 0.3 is 0 Å². The number of benzene rings is 1. The summed E-state index contributed by atoms with van der Waals surface area (Å²) in [6.45, 7) is 5.54. The van der Waals surface area contributed by atoms with Gasteiger partial charge in [-0.15, -0.1) is 0 Å². The Morgan fingerprint density at radius 3 is 3.10 bits per heavy atom. The summed E-state index contributed by atoms with van der Waals surface area (Å²) >= 11 is 6.02. The molecule has 4 heteroatoms. The van der Waals surface area contributed by atoms with Crippen LogP contribution >= 0.6 is 11.6 Å². The topological polar surface area (TPSA) is 37.0 Å². The Morgan fingerprint density at radius 2 is 2.30 bits per heavy atom. The quantitative estimate of drug-likeness (QED) is 0.905. The fraction of sp³-hybridized carbons (Fsp3) is 0.438. The van der Waals surface area contributed by atoms with E-state index in [1.807, 2.05) is 30.5 Å². The van der Waals surface area contributed by atoms with E-state index in [1.54, 1.807) is 0 Å². The Balaban J connectivity index is 1.80. The molecule has 0 spiro atoms. The van der Waals surface area contributed by atoms with Gasteiger partial charge in [0.15, 0.2) is 0 Å². The summed E-state index contributed by atoms with van der Waals surface area (Å²) in [5.74, 6) is 0. The zero-order valence-electron chi connectivity index (χ0n) is 11.7. The van der Waals surface area contributed by atoms with Gasteiger partial charge in [0.05, 0.1) is 5.52 Å². The van der Waals surface area contributed by atoms with Crippen molar-refractivity contribution in [3.05, 3.63) is 35.5 Å². The zero-order valence-corrected chi connectivity index (χ0v) is 12.5. The molecule has 0 radical (unpaired) electrons. The van der Waals surface area contributed by atoms with Gasteiger partial charge in [-0.1, -0.05) is 18.5 Å². The number of anilines is 1. The Bertz CT molecular complexity index is 606. The molecular formula is C16H20ClN3. The Hall–Kier alpha value is -1.32. The normalized spacial score (nSPS) is 22.9. The monoisotopic (exact) mass is 289 g/mol. The van der Waals surface area contributed by atoms with Crippen molar-refractivity contribution in [2.75, 3.05) is 25.0 Å². The highest BCUT2D eigenvalue weighted by molar-refractivity contribution is 6.31. The average molecular weight is 290 g/mol. The Morgan fingerprint density at radius 1 is 1.40 bits per heavy atom. The number of pyridine rings is 1. The van der Waals surface area contributed by atoms with Gasteiger partial charge in [-0.3, -0.25) is 4.98 Å². The van der Waals surface area contributed by atoms with Gasteiger partial charge in [0.25, 0.3) is 0 Å². The highest BCUT2D eigenvalue weighted by atomic mass is 35.5. The van der Waals surface area contributed by atoms with E-state index in [1.165, 1.54) is 12.8 Å². The van der Waals surface area contributed by atoms with Crippen LogP contribution in [0.3, 0.4) is 0 Å². The molecule has 0 saturated carbocycles. The lowest BCUT2D eigenvalue weighted by atomic mass is 9.83. The van der Waals surface area contributed by atoms with E-state index in [0.717, 1.165) is 41.2 Å². The number of aromatic nitrogens is 1. The number of fused-ring (bicyclic) bond motifs is 1. The van der Waals surface area contributed by atoms with Gasteiger partial charge in [0.2, 0.25) is 0 Å². The second-order valence-corrected chi connectivity index (χ2v) is 6.40. The first kappa shape index (κ1) is 13.7. The van der Waals surface area contributed by atoms with Crippen molar-refractivity contribution in [2.45, 2.75) is 19.8 Å². The minimum absolute atomic E-state index is 0.320. The van der Waals surface area contributed by atoms with Crippen LogP contribution in [0.5, 0.6) is 0 Å². The van der Waals surface area contributed by atoms with Crippen LogP contribution in [0, 0.1) is 5.41 Å². The maximum absolute atomic E-state index is 6.02. The van der Waals surface area contributed by atoms with Crippen LogP contribution in [0.2, 0.25) is 5.02 Å². The molecule has 1 aliphatic heterocycles. The third kappa shape index (κ3) is 2.89. The van der Waals surface area contributed by atoms with E-state index >= 15 is 0 Å². The van der Waals surface area contributed by atoms with Gasteiger partial charge in [-0.2, -0.15) is 0 Å². The zero-order chi connectivity index (χ0) is 14.0. The summed E-state index contributed by atoms with van der Waals surface area (Å²) in [6, 6.07) is 7.90. The highest BCUT2D eigenvalue weighted by Gasteiger charge is 2.26. The molecule has 2 aromatic rings. The Labute approximate surface area is 124 Å². The van der Waals surface area contributed by atoms with E-state index in [2.05, 4.69) is 22.5 Å². The smallest absolute Gasteiger partial charge is 0.0737 e. The molecule has 1 aromatic carbocycles. The molecular weight excluding hydrogens is 270 g/mol. The third-order valence-corrected chi connectivity index (χ3v) is 4.33. The predicted molar refractivity (Wildman–Crippen MR) is 85.5 cm³/mol. The molecule has 1 aliphatic rings. The van der Waals surface area contributed by atoms with E-state index < -0.39 is 0 Å². The van der Waals surface area contributed by atoms with E-state index in [9.17, 15) is 0 Å². The molecule has 106 valence electrons. The maximum atomic E-state index is 6.02. The first-order valence-electron chi connectivity index (χ1n) is 7.15. The van der Waals surface area contributed by atoms with Crippen molar-refractivity contribution in [1.82, 2.24) is 10.3 Å². The molecule has 1 aromatic heterocycles. The number of hydrogen-bond acceptors (Lipinski definition) is 3. The standard InChI is InChI=1S/C16H20ClN3/c1-16(6-2-7-18-10-16)11-20-14-5-8-19-15-9-12(17)3-4-13(14)15/h3-5,8-9,18H,2,6-7,10-11H2,1H3,(H,19,20). The van der Waals surface area contributed by atoms with Gasteiger partial charge < -0.3 is 10.6 Å². The van der Waals surface area contributed by atoms with E-state index in [4.69, 9.17) is 11.6 Å². The number of hydrogen-bond donors (Lipinski definition) is 2. The molecule has 3 rings (SSSR count). The van der Waals surface area contributed by atoms with Gasteiger partial charge in [-0.05, 0) is 49.1 Å². The first-order chi connectivity index (χ1) is 9.66. The molecule has 3 nitrogen and oxygen atoms in total. The van der Waals surface area contributed by atoms with Crippen LogP contribution in [0.15, 0.2) is 30.5 Å². The third-order valence-electron chi connectivity index (χ3n) is 4.10. The summed E-state index contributed by atoms with van der Waals surface area (Å²) in [6.07, 6.45) is 4.36. The van der Waals surface area contributed by atoms with Gasteiger partial charge in [0.1, 0.15) is 0 Å². The number of piperidine rings is 1. The molecule has 1 atom stereocenters. The predicted octanol–water partition coefficient (Wildman–Crippen LogP) is 3.69. The molecule has 0 amide bonds. The minimum Gasteiger partial charge on any atom is -0.384 e. The summed E-state index contributed by atoms with van der Waals surface area (Å²) in [7, 11) is 0. The molecule has 0 bridgehead atoms. The van der Waals surface area contributed by atoms with Crippen molar-refractivity contribution in [3.63, 3.8) is 0 Å². The summed E-state index contributed by atoms with van der Waals surface area (Å²) < 4.78 is 0. The van der Waals surface area contributed by atoms with E-state index in [-0.39, 0.29) is 0 Å². The van der Waals surface area contributed by atoms with Crippen molar-refractivity contribution >= 4 is 28.2 Å². The summed E-state index contributed by atoms with van der Waals surface area (Å²) in [4.78, 5) is 4.38. The van der Waals surface area contributed by atoms with Crippen molar-refractivity contribution in [1.29, 1.82) is 0 Å². The van der Waals surface area contributed by atoms with Crippen LogP contribution in [0.1, 0.15) is 19.8 Å². The first-order valence-corrected chi connectivity index (χ1v) is 7.53. The SMILES string of the molecule is CC1(CNc2ccnc3cc(Cl)ccc23)CCCNC1. The second-order valence-electron chi connectivity index (χ2n) is 5.96. The molecule has 2 heterocycles. The van der Waals surface area contributed by atoms with Crippen LogP contribution in [0.25, 0.3) is 10.9 Å². The lowest BCUT2D eigenvalue weighted by molar-refractivity contribution is 0.253. The molecule has 0 aliphatic carbocycles. The fourth-order valence-electron chi connectivity index (χ4n) is 2.85. The fourth-order valence-corrected chi connectivity index (χ4v) is 3.02. The van der Waals surface area contributed by atoms with Crippen molar-refractivity contribution in [3.8, 4) is 0 Å². The van der Waals surface area contributed by atoms with Gasteiger partial charge in [0, 0.05) is 35.4 Å². The second kappa shape index (κ2) is 5.58. The number of halogens is 1. The largest absolute Gasteiger partial charge is 0.384 e. The molecule has 1 saturated heterocycles. The lowest BCUT2D eigenvalue weighted by Crippen LogP contribution is -2.42. The highest BCUT2D eigenvalue weighted by Crippen LogP contribution is 2.28. The van der Waals surface area contributed by atoms with Crippen molar-refractivity contribution in [2.24, 2.45) is 5.41 Å². The Kier molecular flexibility index (Phi) is 3.81. The van der Waals surface area contributed by atoms with Crippen LogP contribution in [-0.2, 0) is 0 Å². The number of nitrogens with zero attached hydrogens (tertiary/aromatic N) is 1. The number of rotatable bonds is 3. The summed E-state index contributed by atoms with van der Waals surface area (Å²) in [5, 5.41) is 8.94. The summed E-state index contributed by atoms with van der Waals surface area (Å²) in [5.41, 5.74) is 2.40. The minimum atomic E-state index is 0.320. The lowest BCUT2D eigenvalue weighted by Gasteiger charge is -2.34. The molecule has 20 heavy (non-hydrogen) atoms. The molecule has 1 unspecified atom stereocenters. The van der Waals surface area contributed by atoms with Crippen molar-refractivity contribution < 1.29 is 0 Å². The van der Waals surface area contributed by atoms with Gasteiger partial charge in [-0.25, -0.2) is 0 Å². The molecule has 2 N–H and O–H groups in total. The van der Waals surface area contributed by atoms with Crippen LogP contribution < -0.4 is 10.6 Å².